The molecular weight excluding hydrogens is 208 g/mol. The average Bonchev–Trinajstić information content (AvgIpc) is 2.25. The lowest BCUT2D eigenvalue weighted by molar-refractivity contribution is 0.415. The van der Waals surface area contributed by atoms with Gasteiger partial charge < -0.3 is 15.4 Å². The molecule has 0 spiro atoms. The zero-order valence-corrected chi connectivity index (χ0v) is 9.88. The van der Waals surface area contributed by atoms with Crippen molar-refractivity contribution in [2.75, 3.05) is 25.6 Å². The highest BCUT2D eigenvalue weighted by Gasteiger charge is 2.06. The summed E-state index contributed by atoms with van der Waals surface area (Å²) >= 11 is 4.84. The van der Waals surface area contributed by atoms with Gasteiger partial charge in [0.1, 0.15) is 5.75 Å². The first-order chi connectivity index (χ1) is 7.15. The predicted molar refractivity (Wildman–Crippen MR) is 67.7 cm³/mol. The van der Waals surface area contributed by atoms with Crippen LogP contribution in [-0.4, -0.2) is 25.7 Å². The van der Waals surface area contributed by atoms with Gasteiger partial charge in [0.15, 0.2) is 0 Å². The van der Waals surface area contributed by atoms with Gasteiger partial charge in [-0.05, 0) is 12.1 Å². The molecule has 0 aliphatic heterocycles. The lowest BCUT2D eigenvalue weighted by Gasteiger charge is -2.21. The zero-order valence-electron chi connectivity index (χ0n) is 9.06. The lowest BCUT2D eigenvalue weighted by Crippen LogP contribution is -2.23. The molecule has 82 valence electrons. The number of nitrogens with zero attached hydrogens (tertiary/aromatic N) is 1. The Morgan fingerprint density at radius 1 is 1.47 bits per heavy atom. The van der Waals surface area contributed by atoms with E-state index in [9.17, 15) is 0 Å². The number of rotatable bonds is 5. The van der Waals surface area contributed by atoms with E-state index in [1.807, 2.05) is 31.3 Å². The van der Waals surface area contributed by atoms with Crippen LogP contribution in [0.5, 0.6) is 5.75 Å². The Morgan fingerprint density at radius 3 is 2.73 bits per heavy atom. The van der Waals surface area contributed by atoms with Crippen LogP contribution >= 0.6 is 12.2 Å². The van der Waals surface area contributed by atoms with Crippen LogP contribution in [0.15, 0.2) is 24.3 Å². The molecule has 3 nitrogen and oxygen atoms in total. The van der Waals surface area contributed by atoms with Gasteiger partial charge in [0.2, 0.25) is 0 Å². The highest BCUT2D eigenvalue weighted by atomic mass is 32.1. The Bertz CT molecular complexity index is 341. The summed E-state index contributed by atoms with van der Waals surface area (Å²) < 4.78 is 5.27. The first-order valence-corrected chi connectivity index (χ1v) is 5.18. The van der Waals surface area contributed by atoms with Crippen LogP contribution in [0.4, 0.5) is 5.69 Å². The third-order valence-electron chi connectivity index (χ3n) is 2.19. The molecule has 1 aromatic carbocycles. The Kier molecular flexibility index (Phi) is 4.37. The molecule has 0 aliphatic carbocycles. The molecule has 1 aromatic rings. The van der Waals surface area contributed by atoms with Crippen LogP contribution < -0.4 is 15.4 Å². The molecule has 0 amide bonds. The van der Waals surface area contributed by atoms with Crippen molar-refractivity contribution in [1.29, 1.82) is 0 Å². The first-order valence-electron chi connectivity index (χ1n) is 4.77. The topological polar surface area (TPSA) is 38.5 Å². The molecular formula is C11H16N2OS. The zero-order chi connectivity index (χ0) is 11.3. The molecule has 0 radical (unpaired) electrons. The number of thiocarbonyl (C=S) groups is 1. The molecule has 0 saturated carbocycles. The minimum Gasteiger partial charge on any atom is -0.495 e. The third-order valence-corrected chi connectivity index (χ3v) is 2.39. The summed E-state index contributed by atoms with van der Waals surface area (Å²) in [4.78, 5) is 2.62. The summed E-state index contributed by atoms with van der Waals surface area (Å²) in [6.45, 7) is 0.801. The van der Waals surface area contributed by atoms with Crippen molar-refractivity contribution >= 4 is 22.9 Å². The van der Waals surface area contributed by atoms with Crippen molar-refractivity contribution < 1.29 is 4.74 Å². The molecule has 0 fully saturated rings. The molecule has 1 rings (SSSR count). The van der Waals surface area contributed by atoms with Gasteiger partial charge in [-0.1, -0.05) is 24.4 Å². The van der Waals surface area contributed by atoms with Crippen LogP contribution in [0.1, 0.15) is 6.42 Å². The largest absolute Gasteiger partial charge is 0.495 e. The Balaban J connectivity index is 2.72. The highest BCUT2D eigenvalue weighted by molar-refractivity contribution is 7.80. The SMILES string of the molecule is COc1ccccc1N(C)CCC(N)=S. The van der Waals surface area contributed by atoms with Gasteiger partial charge >= 0.3 is 0 Å². The Labute approximate surface area is 95.8 Å². The minimum atomic E-state index is 0.539. The van der Waals surface area contributed by atoms with E-state index in [2.05, 4.69) is 4.90 Å². The van der Waals surface area contributed by atoms with Crippen molar-refractivity contribution in [1.82, 2.24) is 0 Å². The highest BCUT2D eigenvalue weighted by Crippen LogP contribution is 2.26. The number of anilines is 1. The molecule has 0 aliphatic rings. The van der Waals surface area contributed by atoms with Gasteiger partial charge in [-0.25, -0.2) is 0 Å². The summed E-state index contributed by atoms with van der Waals surface area (Å²) in [5.41, 5.74) is 6.51. The van der Waals surface area contributed by atoms with E-state index in [0.717, 1.165) is 18.0 Å². The van der Waals surface area contributed by atoms with Crippen molar-refractivity contribution in [3.8, 4) is 5.75 Å². The van der Waals surface area contributed by atoms with Crippen molar-refractivity contribution in [2.45, 2.75) is 6.42 Å². The predicted octanol–water partition coefficient (Wildman–Crippen LogP) is 1.81. The summed E-state index contributed by atoms with van der Waals surface area (Å²) in [5, 5.41) is 0. The van der Waals surface area contributed by atoms with E-state index in [1.54, 1.807) is 7.11 Å². The van der Waals surface area contributed by atoms with Crippen molar-refractivity contribution in [3.05, 3.63) is 24.3 Å². The standard InChI is InChI=1S/C11H16N2OS/c1-13(8-7-11(12)15)9-5-3-4-6-10(9)14-2/h3-6H,7-8H2,1-2H3,(H2,12,15). The number of benzene rings is 1. The quantitative estimate of drug-likeness (QED) is 0.774. The minimum absolute atomic E-state index is 0.539. The molecule has 0 heterocycles. The molecule has 0 bridgehead atoms. The van der Waals surface area contributed by atoms with Gasteiger partial charge in [0.05, 0.1) is 17.8 Å². The van der Waals surface area contributed by atoms with Gasteiger partial charge in [-0.2, -0.15) is 0 Å². The van der Waals surface area contributed by atoms with E-state index >= 15 is 0 Å². The number of para-hydroxylation sites is 2. The first kappa shape index (κ1) is 11.8. The Hall–Kier alpha value is -1.29. The summed E-state index contributed by atoms with van der Waals surface area (Å²) in [7, 11) is 3.66. The second-order valence-electron chi connectivity index (χ2n) is 3.31. The number of nitrogens with two attached hydrogens (primary N) is 1. The van der Waals surface area contributed by atoms with E-state index < -0.39 is 0 Å². The molecule has 0 saturated heterocycles. The van der Waals surface area contributed by atoms with Crippen LogP contribution in [0, 0.1) is 0 Å². The van der Waals surface area contributed by atoms with Crippen LogP contribution in [0.25, 0.3) is 0 Å². The van der Waals surface area contributed by atoms with Crippen molar-refractivity contribution in [3.63, 3.8) is 0 Å². The average molecular weight is 224 g/mol. The molecule has 0 unspecified atom stereocenters. The monoisotopic (exact) mass is 224 g/mol. The maximum atomic E-state index is 5.46. The fraction of sp³-hybridized carbons (Fsp3) is 0.364. The second kappa shape index (κ2) is 5.56. The van der Waals surface area contributed by atoms with Gasteiger partial charge in [-0.15, -0.1) is 0 Å². The lowest BCUT2D eigenvalue weighted by atomic mass is 10.2. The van der Waals surface area contributed by atoms with Gasteiger partial charge in [0.25, 0.3) is 0 Å². The number of ether oxygens (including phenoxy) is 1. The van der Waals surface area contributed by atoms with E-state index in [-0.39, 0.29) is 0 Å². The number of hydrogen-bond acceptors (Lipinski definition) is 3. The molecule has 4 heteroatoms. The number of hydrogen-bond donors (Lipinski definition) is 1. The van der Waals surface area contributed by atoms with E-state index in [1.165, 1.54) is 0 Å². The molecule has 0 atom stereocenters. The van der Waals surface area contributed by atoms with Crippen LogP contribution in [0.3, 0.4) is 0 Å². The maximum Gasteiger partial charge on any atom is 0.142 e. The number of methoxy groups -OCH3 is 1. The van der Waals surface area contributed by atoms with E-state index in [0.29, 0.717) is 11.4 Å². The van der Waals surface area contributed by atoms with Crippen molar-refractivity contribution in [2.24, 2.45) is 5.73 Å². The van der Waals surface area contributed by atoms with Crippen LogP contribution in [-0.2, 0) is 0 Å². The maximum absolute atomic E-state index is 5.46. The second-order valence-corrected chi connectivity index (χ2v) is 3.83. The fourth-order valence-electron chi connectivity index (χ4n) is 1.34. The molecule has 0 aromatic heterocycles. The van der Waals surface area contributed by atoms with E-state index in [4.69, 9.17) is 22.7 Å². The molecule has 15 heavy (non-hydrogen) atoms. The normalized spacial score (nSPS) is 9.73. The summed E-state index contributed by atoms with van der Waals surface area (Å²) in [6, 6.07) is 7.88. The summed E-state index contributed by atoms with van der Waals surface area (Å²) in [6.07, 6.45) is 0.712. The summed E-state index contributed by atoms with van der Waals surface area (Å²) in [5.74, 6) is 0.864. The third kappa shape index (κ3) is 3.40. The smallest absolute Gasteiger partial charge is 0.142 e. The van der Waals surface area contributed by atoms with Gasteiger partial charge in [0, 0.05) is 20.0 Å². The molecule has 2 N–H and O–H groups in total. The fourth-order valence-corrected chi connectivity index (χ4v) is 1.43. The Morgan fingerprint density at radius 2 is 2.13 bits per heavy atom. The van der Waals surface area contributed by atoms with Crippen LogP contribution in [0.2, 0.25) is 0 Å². The van der Waals surface area contributed by atoms with Gasteiger partial charge in [-0.3, -0.25) is 0 Å².